The topological polar surface area (TPSA) is 142 Å². The number of aromatic nitrogens is 4. The minimum Gasteiger partial charge on any atom is -0.494 e. The molecule has 2 N–H and O–H groups in total. The molecule has 5 heterocycles. The number of nitrogens with one attached hydrogen (secondary N) is 2. The summed E-state index contributed by atoms with van der Waals surface area (Å²) in [7, 11) is 3.66. The van der Waals surface area contributed by atoms with Crippen LogP contribution in [0.5, 0.6) is 17.2 Å². The molecule has 3 aliphatic heterocycles. The number of methoxy groups -OCH3 is 1. The Labute approximate surface area is 306 Å². The molecule has 0 bridgehead atoms. The van der Waals surface area contributed by atoms with Gasteiger partial charge in [0.05, 0.1) is 41.1 Å². The lowest BCUT2D eigenvalue weighted by Gasteiger charge is -2.43. The first-order chi connectivity index (χ1) is 24.5. The lowest BCUT2D eigenvalue weighted by molar-refractivity contribution is 0.0982. The fraction of sp³-hybridized carbons (Fsp3) is 0.441. The number of likely N-dealkylation sites (N-methyl/N-ethyl adjacent to an activating group) is 1. The zero-order valence-electron chi connectivity index (χ0n) is 29.4. The fourth-order valence-electron chi connectivity index (χ4n) is 6.78. The maximum absolute atomic E-state index is 12.5. The molecule has 15 nitrogen and oxygen atoms in total. The molecule has 0 amide bonds. The van der Waals surface area contributed by atoms with Crippen molar-refractivity contribution in [3.63, 3.8) is 0 Å². The molecule has 2 aromatic heterocycles. The van der Waals surface area contributed by atoms with Crippen LogP contribution in [0.4, 0.5) is 34.5 Å². The van der Waals surface area contributed by atoms with E-state index in [2.05, 4.69) is 70.5 Å². The summed E-state index contributed by atoms with van der Waals surface area (Å²) in [6.07, 6.45) is 8.86. The first-order valence-electron chi connectivity index (χ1n) is 16.8. The van der Waals surface area contributed by atoms with Crippen LogP contribution in [-0.4, -0.2) is 118 Å². The van der Waals surface area contributed by atoms with E-state index in [4.69, 9.17) is 19.2 Å². The van der Waals surface area contributed by atoms with E-state index >= 15 is 0 Å². The van der Waals surface area contributed by atoms with Crippen LogP contribution in [0.3, 0.4) is 0 Å². The zero-order chi connectivity index (χ0) is 35.9. The largest absolute Gasteiger partial charge is 0.494 e. The van der Waals surface area contributed by atoms with Crippen molar-refractivity contribution < 1.29 is 22.6 Å². The summed E-state index contributed by atoms with van der Waals surface area (Å²) in [5.74, 6) is 2.29. The van der Waals surface area contributed by atoms with Gasteiger partial charge in [0.2, 0.25) is 22.8 Å². The van der Waals surface area contributed by atoms with E-state index in [9.17, 15) is 8.42 Å². The van der Waals surface area contributed by atoms with Gasteiger partial charge in [-0.2, -0.15) is 10.1 Å². The highest BCUT2D eigenvalue weighted by molar-refractivity contribution is 9.10. The Morgan fingerprint density at radius 3 is 2.35 bits per heavy atom. The number of anilines is 6. The van der Waals surface area contributed by atoms with Crippen LogP contribution in [0.15, 0.2) is 47.3 Å². The molecule has 0 atom stereocenters. The summed E-state index contributed by atoms with van der Waals surface area (Å²) in [4.78, 5) is 16.8. The number of sulfonamides is 1. The zero-order valence-corrected chi connectivity index (χ0v) is 31.8. The molecule has 17 heteroatoms. The molecule has 2 aromatic carbocycles. The maximum Gasteiger partial charge on any atom is 0.232 e. The molecule has 0 unspecified atom stereocenters. The Morgan fingerprint density at radius 1 is 0.961 bits per heavy atom. The van der Waals surface area contributed by atoms with E-state index in [1.165, 1.54) is 11.4 Å². The molecule has 2 fully saturated rings. The van der Waals surface area contributed by atoms with Crippen molar-refractivity contribution in [1.82, 2.24) is 29.5 Å². The van der Waals surface area contributed by atoms with Crippen molar-refractivity contribution in [3.8, 4) is 28.4 Å². The Balaban J connectivity index is 1.18. The Bertz CT molecular complexity index is 2010. The van der Waals surface area contributed by atoms with Gasteiger partial charge in [-0.3, -0.25) is 13.9 Å². The predicted molar refractivity (Wildman–Crippen MR) is 202 cm³/mol. The summed E-state index contributed by atoms with van der Waals surface area (Å²) in [6, 6.07) is 8.06. The fourth-order valence-corrected chi connectivity index (χ4v) is 7.58. The molecule has 4 aromatic rings. The van der Waals surface area contributed by atoms with Crippen LogP contribution in [0.25, 0.3) is 11.1 Å². The van der Waals surface area contributed by atoms with E-state index < -0.39 is 10.0 Å². The second-order valence-electron chi connectivity index (χ2n) is 13.1. The molecular weight excluding hydrogens is 740 g/mol. The second kappa shape index (κ2) is 14.4. The Morgan fingerprint density at radius 2 is 1.69 bits per heavy atom. The van der Waals surface area contributed by atoms with Gasteiger partial charge in [-0.25, -0.2) is 13.4 Å². The van der Waals surface area contributed by atoms with E-state index in [1.807, 2.05) is 19.4 Å². The predicted octanol–water partition coefficient (Wildman–Crippen LogP) is 4.48. The normalized spacial score (nSPS) is 17.1. The van der Waals surface area contributed by atoms with Crippen molar-refractivity contribution in [1.29, 1.82) is 0 Å². The third-order valence-corrected chi connectivity index (χ3v) is 11.5. The molecule has 272 valence electrons. The average Bonchev–Trinajstić information content (AvgIpc) is 3.77. The molecule has 0 saturated carbocycles. The third kappa shape index (κ3) is 7.52. The van der Waals surface area contributed by atoms with Crippen molar-refractivity contribution >= 4 is 60.5 Å². The number of rotatable bonds is 10. The monoisotopic (exact) mass is 782 g/mol. The van der Waals surface area contributed by atoms with E-state index in [0.717, 1.165) is 75.2 Å². The quantitative estimate of drug-likeness (QED) is 0.234. The molecule has 2 saturated heterocycles. The van der Waals surface area contributed by atoms with Crippen LogP contribution in [0, 0.1) is 0 Å². The van der Waals surface area contributed by atoms with Crippen LogP contribution in [0.2, 0.25) is 0 Å². The van der Waals surface area contributed by atoms with Crippen molar-refractivity contribution in [2.24, 2.45) is 7.05 Å². The average molecular weight is 784 g/mol. The summed E-state index contributed by atoms with van der Waals surface area (Å²) < 4.78 is 45.6. The molecule has 0 spiro atoms. The van der Waals surface area contributed by atoms with Gasteiger partial charge in [0.25, 0.3) is 0 Å². The van der Waals surface area contributed by atoms with Crippen LogP contribution in [0.1, 0.15) is 12.8 Å². The van der Waals surface area contributed by atoms with E-state index in [1.54, 1.807) is 30.1 Å². The molecule has 0 aliphatic carbocycles. The highest BCUT2D eigenvalue weighted by Gasteiger charge is 2.29. The highest BCUT2D eigenvalue weighted by Crippen LogP contribution is 2.44. The van der Waals surface area contributed by atoms with E-state index in [-0.39, 0.29) is 6.79 Å². The van der Waals surface area contributed by atoms with Gasteiger partial charge in [0, 0.05) is 107 Å². The van der Waals surface area contributed by atoms with Crippen molar-refractivity contribution in [2.45, 2.75) is 18.9 Å². The van der Waals surface area contributed by atoms with Gasteiger partial charge in [0.1, 0.15) is 11.6 Å². The lowest BCUT2D eigenvalue weighted by atomic mass is 9.98. The molecule has 7 rings (SSSR count). The minimum atomic E-state index is -3.59. The summed E-state index contributed by atoms with van der Waals surface area (Å²) >= 11 is 3.55. The number of aryl methyl sites for hydroxylation is 1. The van der Waals surface area contributed by atoms with Crippen LogP contribution in [-0.2, 0) is 17.1 Å². The maximum atomic E-state index is 12.5. The number of piperazine rings is 1. The van der Waals surface area contributed by atoms with Crippen molar-refractivity contribution in [3.05, 3.63) is 47.3 Å². The standard InChI is InChI=1S/C34H43BrN10O5S/c1-41-10-12-44(13-11-41)23-6-8-45(9-7-23)28-16-30(48-4)27(14-24(28)22-18-37-42(2)20-22)39-34-36-19-25(35)33(40-34)38-26-15-31-32(50-21-49-31)17-29(26)43(3)51(5,46)47/h14-20,23H,6-13,21H2,1-5H3,(H2,36,38,39,40). The first kappa shape index (κ1) is 35.1. The van der Waals surface area contributed by atoms with Gasteiger partial charge in [-0.15, -0.1) is 0 Å². The third-order valence-electron chi connectivity index (χ3n) is 9.76. The van der Waals surface area contributed by atoms with Crippen LogP contribution >= 0.6 is 15.9 Å². The second-order valence-corrected chi connectivity index (χ2v) is 16.0. The first-order valence-corrected chi connectivity index (χ1v) is 19.4. The number of nitrogens with zero attached hydrogens (tertiary/aromatic N) is 8. The lowest BCUT2D eigenvalue weighted by Crippen LogP contribution is -2.52. The summed E-state index contributed by atoms with van der Waals surface area (Å²) in [5, 5.41) is 11.1. The number of ether oxygens (including phenoxy) is 3. The molecule has 3 aliphatic rings. The number of fused-ring (bicyclic) bond motifs is 1. The van der Waals surface area contributed by atoms with E-state index in [0.29, 0.717) is 56.6 Å². The number of piperidine rings is 1. The Hall–Kier alpha value is -4.32. The Kier molecular flexibility index (Phi) is 9.88. The van der Waals surface area contributed by atoms with Gasteiger partial charge < -0.3 is 34.6 Å². The smallest absolute Gasteiger partial charge is 0.232 e. The minimum absolute atomic E-state index is 0.0443. The number of hydrogen-bond donors (Lipinski definition) is 2. The number of halogens is 1. The van der Waals surface area contributed by atoms with Crippen LogP contribution < -0.4 is 34.0 Å². The molecule has 0 radical (unpaired) electrons. The highest BCUT2D eigenvalue weighted by atomic mass is 79.9. The summed E-state index contributed by atoms with van der Waals surface area (Å²) in [5.41, 5.74) is 4.60. The molecular formula is C34H43BrN10O5S. The van der Waals surface area contributed by atoms with Crippen molar-refractivity contribution in [2.75, 3.05) is 93.4 Å². The number of benzene rings is 2. The van der Waals surface area contributed by atoms with Gasteiger partial charge in [-0.1, -0.05) is 0 Å². The van der Waals surface area contributed by atoms with Gasteiger partial charge in [-0.05, 0) is 41.9 Å². The SMILES string of the molecule is COc1cc(N2CCC(N3CCN(C)CC3)CC2)c(-c2cnn(C)c2)cc1Nc1ncc(Br)c(Nc2cc3c(cc2N(C)S(C)(=O)=O)OCO3)n1. The molecule has 51 heavy (non-hydrogen) atoms. The number of hydrogen-bond acceptors (Lipinski definition) is 13. The summed E-state index contributed by atoms with van der Waals surface area (Å²) in [6.45, 7) is 6.43. The van der Waals surface area contributed by atoms with Gasteiger partial charge >= 0.3 is 0 Å². The van der Waals surface area contributed by atoms with Gasteiger partial charge in [0.15, 0.2) is 11.5 Å².